The van der Waals surface area contributed by atoms with Crippen molar-refractivity contribution in [2.75, 3.05) is 4.90 Å². The molecule has 33 heavy (non-hydrogen) atoms. The molecule has 0 aliphatic heterocycles. The summed E-state index contributed by atoms with van der Waals surface area (Å²) < 4.78 is 34.4. The number of ether oxygens (including phenoxy) is 1. The van der Waals surface area contributed by atoms with Gasteiger partial charge in [0.05, 0.1) is 15.9 Å². The Labute approximate surface area is 192 Å². The third kappa shape index (κ3) is 4.44. The number of thiazole rings is 1. The van der Waals surface area contributed by atoms with E-state index < -0.39 is 17.5 Å². The van der Waals surface area contributed by atoms with Crippen LogP contribution in [-0.4, -0.2) is 10.9 Å². The minimum Gasteiger partial charge on any atom is -0.457 e. The maximum Gasteiger partial charge on any atom is 0.264 e. The molecule has 0 saturated heterocycles. The van der Waals surface area contributed by atoms with Crippen molar-refractivity contribution < 1.29 is 18.3 Å². The molecule has 5 aromatic rings. The minimum atomic E-state index is -0.825. The molecule has 4 aromatic carbocycles. The first-order valence-corrected chi connectivity index (χ1v) is 10.9. The van der Waals surface area contributed by atoms with Gasteiger partial charge >= 0.3 is 0 Å². The van der Waals surface area contributed by atoms with Gasteiger partial charge in [-0.3, -0.25) is 9.69 Å². The largest absolute Gasteiger partial charge is 0.457 e. The molecule has 0 unspecified atom stereocenters. The number of hydrogen-bond donors (Lipinski definition) is 0. The first kappa shape index (κ1) is 20.8. The summed E-state index contributed by atoms with van der Waals surface area (Å²) in [4.78, 5) is 19.4. The standard InChI is InChI=1S/C26H16F2N2O2S/c27-18-14-17(15-19(28)16-18)25(31)30(26-29-23-8-4-5-9-24(23)33-26)20-10-12-22(13-11-20)32-21-6-2-1-3-7-21/h1-16H. The van der Waals surface area contributed by atoms with Gasteiger partial charge in [0.15, 0.2) is 5.13 Å². The Balaban J connectivity index is 1.55. The maximum absolute atomic E-state index is 13.8. The van der Waals surface area contributed by atoms with Crippen LogP contribution in [-0.2, 0) is 0 Å². The SMILES string of the molecule is O=C(c1cc(F)cc(F)c1)N(c1ccc(Oc2ccccc2)cc1)c1nc2ccccc2s1. The van der Waals surface area contributed by atoms with E-state index >= 15 is 0 Å². The summed E-state index contributed by atoms with van der Waals surface area (Å²) in [5.74, 6) is -0.981. The summed E-state index contributed by atoms with van der Waals surface area (Å²) in [6.07, 6.45) is 0. The molecule has 5 rings (SSSR count). The second-order valence-corrected chi connectivity index (χ2v) is 8.18. The Morgan fingerprint density at radius 2 is 1.42 bits per heavy atom. The summed E-state index contributed by atoms with van der Waals surface area (Å²) >= 11 is 1.31. The smallest absolute Gasteiger partial charge is 0.264 e. The van der Waals surface area contributed by atoms with Crippen molar-refractivity contribution in [1.29, 1.82) is 0 Å². The predicted molar refractivity (Wildman–Crippen MR) is 125 cm³/mol. The number of carbonyl (C=O) groups excluding carboxylic acids is 1. The average molecular weight is 458 g/mol. The highest BCUT2D eigenvalue weighted by molar-refractivity contribution is 7.22. The third-order valence-electron chi connectivity index (χ3n) is 4.86. The second-order valence-electron chi connectivity index (χ2n) is 7.17. The number of carbonyl (C=O) groups is 1. The lowest BCUT2D eigenvalue weighted by Gasteiger charge is -2.20. The Bertz CT molecular complexity index is 1380. The van der Waals surface area contributed by atoms with E-state index in [1.54, 1.807) is 24.3 Å². The number of halogens is 2. The highest BCUT2D eigenvalue weighted by Crippen LogP contribution is 2.36. The van der Waals surface area contributed by atoms with Crippen molar-refractivity contribution in [2.45, 2.75) is 0 Å². The van der Waals surface area contributed by atoms with E-state index in [4.69, 9.17) is 4.74 Å². The van der Waals surface area contributed by atoms with Crippen molar-refractivity contribution in [3.63, 3.8) is 0 Å². The molecule has 0 bridgehead atoms. The van der Waals surface area contributed by atoms with Gasteiger partial charge in [0.2, 0.25) is 0 Å². The van der Waals surface area contributed by atoms with Gasteiger partial charge in [-0.25, -0.2) is 13.8 Å². The summed E-state index contributed by atoms with van der Waals surface area (Å²) in [7, 11) is 0. The van der Waals surface area contributed by atoms with Crippen molar-refractivity contribution in [3.05, 3.63) is 114 Å². The number of nitrogens with zero attached hydrogens (tertiary/aromatic N) is 2. The topological polar surface area (TPSA) is 42.4 Å². The minimum absolute atomic E-state index is 0.114. The number of rotatable bonds is 5. The maximum atomic E-state index is 13.8. The van der Waals surface area contributed by atoms with E-state index in [2.05, 4.69) is 4.98 Å². The number of anilines is 2. The first-order valence-electron chi connectivity index (χ1n) is 10.1. The van der Waals surface area contributed by atoms with Crippen molar-refractivity contribution >= 4 is 38.3 Å². The summed E-state index contributed by atoms with van der Waals surface area (Å²) in [6, 6.07) is 26.4. The first-order chi connectivity index (χ1) is 16.1. The number of amides is 1. The van der Waals surface area contributed by atoms with Gasteiger partial charge in [-0.15, -0.1) is 0 Å². The van der Waals surface area contributed by atoms with Gasteiger partial charge in [0.1, 0.15) is 23.1 Å². The fraction of sp³-hybridized carbons (Fsp3) is 0. The van der Waals surface area contributed by atoms with E-state index in [0.29, 0.717) is 22.3 Å². The van der Waals surface area contributed by atoms with Gasteiger partial charge in [-0.1, -0.05) is 41.7 Å². The van der Waals surface area contributed by atoms with Gasteiger partial charge in [-0.05, 0) is 60.7 Å². The van der Waals surface area contributed by atoms with Crippen LogP contribution in [0.5, 0.6) is 11.5 Å². The molecular formula is C26H16F2N2O2S. The summed E-state index contributed by atoms with van der Waals surface area (Å²) in [5, 5.41) is 0.391. The molecule has 1 aromatic heterocycles. The lowest BCUT2D eigenvalue weighted by molar-refractivity contribution is 0.0998. The zero-order valence-electron chi connectivity index (χ0n) is 17.1. The second kappa shape index (κ2) is 8.80. The Morgan fingerprint density at radius 3 is 2.12 bits per heavy atom. The number of hydrogen-bond acceptors (Lipinski definition) is 4. The molecule has 0 saturated carbocycles. The molecule has 7 heteroatoms. The summed E-state index contributed by atoms with van der Waals surface area (Å²) in [5.41, 5.74) is 1.10. The van der Waals surface area contributed by atoms with E-state index in [1.807, 2.05) is 54.6 Å². The van der Waals surface area contributed by atoms with Crippen LogP contribution in [0.3, 0.4) is 0 Å². The predicted octanol–water partition coefficient (Wildman–Crippen LogP) is 7.35. The zero-order chi connectivity index (χ0) is 22.8. The Kier molecular flexibility index (Phi) is 5.54. The molecule has 4 nitrogen and oxygen atoms in total. The van der Waals surface area contributed by atoms with Crippen LogP contribution in [0, 0.1) is 11.6 Å². The molecule has 0 radical (unpaired) electrons. The van der Waals surface area contributed by atoms with Crippen LogP contribution in [0.2, 0.25) is 0 Å². The van der Waals surface area contributed by atoms with E-state index in [1.165, 1.54) is 16.2 Å². The van der Waals surface area contributed by atoms with Gasteiger partial charge in [0, 0.05) is 11.6 Å². The highest BCUT2D eigenvalue weighted by atomic mass is 32.1. The van der Waals surface area contributed by atoms with Crippen LogP contribution in [0.25, 0.3) is 10.2 Å². The van der Waals surface area contributed by atoms with Crippen LogP contribution in [0.1, 0.15) is 10.4 Å². The molecule has 162 valence electrons. The number of para-hydroxylation sites is 2. The molecule has 1 heterocycles. The summed E-state index contributed by atoms with van der Waals surface area (Å²) in [6.45, 7) is 0. The molecule has 0 atom stereocenters. The fourth-order valence-corrected chi connectivity index (χ4v) is 4.35. The van der Waals surface area contributed by atoms with Crippen molar-refractivity contribution in [1.82, 2.24) is 4.98 Å². The van der Waals surface area contributed by atoms with E-state index in [0.717, 1.165) is 28.4 Å². The molecule has 0 aliphatic rings. The lowest BCUT2D eigenvalue weighted by atomic mass is 10.1. The number of aromatic nitrogens is 1. The van der Waals surface area contributed by atoms with Crippen molar-refractivity contribution in [2.24, 2.45) is 0 Å². The van der Waals surface area contributed by atoms with Gasteiger partial charge < -0.3 is 4.74 Å². The van der Waals surface area contributed by atoms with E-state index in [-0.39, 0.29) is 5.56 Å². The van der Waals surface area contributed by atoms with Crippen LogP contribution in [0.4, 0.5) is 19.6 Å². The van der Waals surface area contributed by atoms with E-state index in [9.17, 15) is 13.6 Å². The van der Waals surface area contributed by atoms with Gasteiger partial charge in [0.25, 0.3) is 5.91 Å². The Morgan fingerprint density at radius 1 is 0.788 bits per heavy atom. The van der Waals surface area contributed by atoms with Crippen molar-refractivity contribution in [3.8, 4) is 11.5 Å². The number of fused-ring (bicyclic) bond motifs is 1. The van der Waals surface area contributed by atoms with Crippen LogP contribution < -0.4 is 9.64 Å². The zero-order valence-corrected chi connectivity index (χ0v) is 17.9. The molecule has 0 N–H and O–H groups in total. The monoisotopic (exact) mass is 458 g/mol. The molecule has 0 fully saturated rings. The molecule has 1 amide bonds. The van der Waals surface area contributed by atoms with Crippen LogP contribution >= 0.6 is 11.3 Å². The third-order valence-corrected chi connectivity index (χ3v) is 5.88. The molecule has 0 aliphatic carbocycles. The Hall–Kier alpha value is -4.10. The molecular weight excluding hydrogens is 442 g/mol. The van der Waals surface area contributed by atoms with Gasteiger partial charge in [-0.2, -0.15) is 0 Å². The quantitative estimate of drug-likeness (QED) is 0.277. The highest BCUT2D eigenvalue weighted by Gasteiger charge is 2.24. The fourth-order valence-electron chi connectivity index (χ4n) is 3.36. The lowest BCUT2D eigenvalue weighted by Crippen LogP contribution is -2.26. The van der Waals surface area contributed by atoms with Crippen LogP contribution in [0.15, 0.2) is 97.1 Å². The number of benzene rings is 4. The average Bonchev–Trinajstić information content (AvgIpc) is 3.24. The molecule has 0 spiro atoms. The normalized spacial score (nSPS) is 10.8.